The van der Waals surface area contributed by atoms with E-state index >= 15 is 0 Å². The largest absolute Gasteiger partial charge is 0.479 e. The number of aliphatic carboxylic acids is 1. The van der Waals surface area contributed by atoms with E-state index in [4.69, 9.17) is 4.74 Å². The third-order valence-electron chi connectivity index (χ3n) is 7.63. The van der Waals surface area contributed by atoms with Crippen LogP contribution < -0.4 is 5.32 Å². The van der Waals surface area contributed by atoms with Gasteiger partial charge in [-0.1, -0.05) is 61.9 Å². The summed E-state index contributed by atoms with van der Waals surface area (Å²) in [4.78, 5) is 39.0. The van der Waals surface area contributed by atoms with Crippen LogP contribution in [0.15, 0.2) is 48.5 Å². The summed E-state index contributed by atoms with van der Waals surface area (Å²) >= 11 is 0. The second-order valence-electron chi connectivity index (χ2n) is 9.77. The summed E-state index contributed by atoms with van der Waals surface area (Å²) in [5, 5.41) is 12.5. The summed E-state index contributed by atoms with van der Waals surface area (Å²) in [6.45, 7) is 2.69. The Morgan fingerprint density at radius 1 is 1.09 bits per heavy atom. The summed E-state index contributed by atoms with van der Waals surface area (Å²) < 4.78 is 5.64. The lowest BCUT2D eigenvalue weighted by Crippen LogP contribution is -2.55. The van der Waals surface area contributed by atoms with Gasteiger partial charge in [0.1, 0.15) is 12.1 Å². The van der Waals surface area contributed by atoms with Crippen LogP contribution >= 0.6 is 0 Å². The first-order chi connectivity index (χ1) is 16.4. The van der Waals surface area contributed by atoms with Gasteiger partial charge in [-0.3, -0.25) is 4.79 Å². The Labute approximate surface area is 199 Å². The molecule has 2 aromatic rings. The van der Waals surface area contributed by atoms with Crippen LogP contribution in [0.5, 0.6) is 0 Å². The number of carboxylic acids is 1. The highest BCUT2D eigenvalue weighted by Gasteiger charge is 2.62. The lowest BCUT2D eigenvalue weighted by Gasteiger charge is -2.38. The Bertz CT molecular complexity index is 1080. The Kier molecular flexibility index (Phi) is 5.80. The molecule has 1 atom stereocenters. The normalized spacial score (nSPS) is 23.0. The van der Waals surface area contributed by atoms with Crippen LogP contribution in [0.1, 0.15) is 56.1 Å². The van der Waals surface area contributed by atoms with Gasteiger partial charge in [0.15, 0.2) is 0 Å². The van der Waals surface area contributed by atoms with Gasteiger partial charge in [-0.2, -0.15) is 0 Å². The Hall–Kier alpha value is -3.35. The summed E-state index contributed by atoms with van der Waals surface area (Å²) in [6, 6.07) is 15.9. The van der Waals surface area contributed by atoms with Crippen LogP contribution in [0.4, 0.5) is 4.79 Å². The number of rotatable bonds is 8. The molecule has 4 aliphatic rings. The quantitative estimate of drug-likeness (QED) is 0.614. The van der Waals surface area contributed by atoms with Gasteiger partial charge in [-0.25, -0.2) is 9.59 Å². The van der Waals surface area contributed by atoms with E-state index in [-0.39, 0.29) is 30.8 Å². The zero-order chi connectivity index (χ0) is 23.9. The lowest BCUT2D eigenvalue weighted by molar-refractivity contribution is -0.158. The van der Waals surface area contributed by atoms with Gasteiger partial charge >= 0.3 is 12.1 Å². The van der Waals surface area contributed by atoms with E-state index < -0.39 is 23.6 Å². The van der Waals surface area contributed by atoms with Crippen LogP contribution in [0.25, 0.3) is 11.1 Å². The second kappa shape index (κ2) is 8.78. The molecular weight excluding hydrogens is 432 g/mol. The van der Waals surface area contributed by atoms with Crippen LogP contribution in [-0.4, -0.2) is 52.7 Å². The van der Waals surface area contributed by atoms with Crippen LogP contribution in [0.3, 0.4) is 0 Å². The van der Waals surface area contributed by atoms with Crippen molar-refractivity contribution in [1.29, 1.82) is 0 Å². The molecule has 1 unspecified atom stereocenters. The minimum absolute atomic E-state index is 0.0313. The molecule has 6 rings (SSSR count). The lowest BCUT2D eigenvalue weighted by atomic mass is 9.73. The Morgan fingerprint density at radius 3 is 2.29 bits per heavy atom. The van der Waals surface area contributed by atoms with Gasteiger partial charge in [-0.05, 0) is 47.4 Å². The molecule has 2 aliphatic carbocycles. The van der Waals surface area contributed by atoms with E-state index in [0.29, 0.717) is 25.8 Å². The maximum absolute atomic E-state index is 13.0. The topological polar surface area (TPSA) is 95.9 Å². The number of alkyl carbamates (subject to hydrolysis) is 1. The molecule has 2 saturated heterocycles. The van der Waals surface area contributed by atoms with E-state index in [1.54, 1.807) is 0 Å². The van der Waals surface area contributed by atoms with Gasteiger partial charge in [0, 0.05) is 24.9 Å². The number of carbonyl (C=O) groups excluding carboxylic acids is 2. The molecule has 0 radical (unpaired) electrons. The predicted molar refractivity (Wildman–Crippen MR) is 126 cm³/mol. The molecule has 2 N–H and O–H groups in total. The molecule has 7 heteroatoms. The first kappa shape index (κ1) is 22.4. The van der Waals surface area contributed by atoms with Crippen LogP contribution in [0, 0.1) is 5.92 Å². The predicted octanol–water partition coefficient (Wildman–Crippen LogP) is 4.16. The van der Waals surface area contributed by atoms with Gasteiger partial charge in [0.05, 0.1) is 0 Å². The maximum Gasteiger partial charge on any atom is 0.407 e. The van der Waals surface area contributed by atoms with Crippen LogP contribution in [0.2, 0.25) is 0 Å². The molecule has 7 nitrogen and oxygen atoms in total. The van der Waals surface area contributed by atoms with Gasteiger partial charge in [0.2, 0.25) is 5.91 Å². The molecule has 2 amide bonds. The number of nitrogens with one attached hydrogen (secondary N) is 1. The van der Waals surface area contributed by atoms with Crippen LogP contribution in [-0.2, 0) is 14.3 Å². The Morgan fingerprint density at radius 2 is 1.71 bits per heavy atom. The fraction of sp³-hybridized carbons (Fsp3) is 0.444. The van der Waals surface area contributed by atoms with Crippen molar-refractivity contribution in [3.8, 4) is 11.1 Å². The second-order valence-corrected chi connectivity index (χ2v) is 9.77. The summed E-state index contributed by atoms with van der Waals surface area (Å²) in [7, 11) is 0. The van der Waals surface area contributed by atoms with E-state index in [9.17, 15) is 19.5 Å². The summed E-state index contributed by atoms with van der Waals surface area (Å²) in [6.07, 6.45) is 2.01. The number of amides is 2. The van der Waals surface area contributed by atoms with Crippen molar-refractivity contribution in [2.45, 2.75) is 56.5 Å². The number of fused-ring (bicyclic) bond motifs is 4. The fourth-order valence-corrected chi connectivity index (χ4v) is 6.01. The van der Waals surface area contributed by atoms with Crippen molar-refractivity contribution in [1.82, 2.24) is 10.2 Å². The molecule has 2 heterocycles. The van der Waals surface area contributed by atoms with Crippen molar-refractivity contribution >= 4 is 18.0 Å². The SMILES string of the molecule is CCCC(CC(=O)N1CC2CC1(C(=O)O)C2)NC(=O)OCC1c2ccccc2-c2ccccc21. The molecule has 3 fully saturated rings. The maximum atomic E-state index is 13.0. The van der Waals surface area contributed by atoms with Gasteiger partial charge < -0.3 is 20.1 Å². The molecule has 1 saturated carbocycles. The molecule has 2 aromatic carbocycles. The van der Waals surface area contributed by atoms with Crippen molar-refractivity contribution in [2.75, 3.05) is 13.2 Å². The first-order valence-electron chi connectivity index (χ1n) is 12.1. The monoisotopic (exact) mass is 462 g/mol. The van der Waals surface area contributed by atoms with Crippen molar-refractivity contribution in [3.05, 3.63) is 59.7 Å². The molecular formula is C27H30N2O5. The highest BCUT2D eigenvalue weighted by Crippen LogP contribution is 2.51. The number of hydrogen-bond donors (Lipinski definition) is 2. The molecule has 0 spiro atoms. The number of ether oxygens (including phenoxy) is 1. The van der Waals surface area contributed by atoms with E-state index in [0.717, 1.165) is 28.7 Å². The number of nitrogens with zero attached hydrogens (tertiary/aromatic N) is 1. The average Bonchev–Trinajstić information content (AvgIpc) is 3.47. The molecule has 2 aliphatic heterocycles. The van der Waals surface area contributed by atoms with Gasteiger partial charge in [0.25, 0.3) is 0 Å². The zero-order valence-electron chi connectivity index (χ0n) is 19.3. The van der Waals surface area contributed by atoms with E-state index in [1.165, 1.54) is 4.90 Å². The fourth-order valence-electron chi connectivity index (χ4n) is 6.01. The van der Waals surface area contributed by atoms with E-state index in [2.05, 4.69) is 29.6 Å². The highest BCUT2D eigenvalue weighted by atomic mass is 16.5. The number of hydrogen-bond acceptors (Lipinski definition) is 4. The summed E-state index contributed by atoms with van der Waals surface area (Å²) in [5.41, 5.74) is 3.57. The minimum atomic E-state index is -1.04. The Balaban J connectivity index is 1.21. The molecule has 0 aromatic heterocycles. The standard InChI is InChI=1S/C27H30N2O5/c1-2-7-18(12-24(30)29-15-17-13-27(29,14-17)25(31)32)28-26(33)34-16-23-21-10-5-3-8-19(21)20-9-4-6-11-22(20)23/h3-6,8-11,17-18,23H,2,7,12-16H2,1H3,(H,28,33)(H,31,32). The third-order valence-corrected chi connectivity index (χ3v) is 7.63. The van der Waals surface area contributed by atoms with Crippen molar-refractivity contribution in [2.24, 2.45) is 5.92 Å². The summed E-state index contributed by atoms with van der Waals surface area (Å²) in [5.74, 6) is -0.887. The minimum Gasteiger partial charge on any atom is -0.479 e. The smallest absolute Gasteiger partial charge is 0.407 e. The zero-order valence-corrected chi connectivity index (χ0v) is 19.3. The number of carbonyl (C=O) groups is 3. The molecule has 2 bridgehead atoms. The number of benzene rings is 2. The first-order valence-corrected chi connectivity index (χ1v) is 12.1. The van der Waals surface area contributed by atoms with E-state index in [1.807, 2.05) is 31.2 Å². The molecule has 178 valence electrons. The van der Waals surface area contributed by atoms with Crippen molar-refractivity contribution < 1.29 is 24.2 Å². The highest BCUT2D eigenvalue weighted by molar-refractivity contribution is 5.90. The third kappa shape index (κ3) is 3.73. The van der Waals surface area contributed by atoms with Gasteiger partial charge in [-0.15, -0.1) is 0 Å². The average molecular weight is 463 g/mol. The molecule has 34 heavy (non-hydrogen) atoms. The number of carboxylic acid groups (broad SMARTS) is 1. The van der Waals surface area contributed by atoms with Crippen molar-refractivity contribution in [3.63, 3.8) is 0 Å².